The van der Waals surface area contributed by atoms with Gasteiger partial charge in [-0.05, 0) is 49.6 Å². The van der Waals surface area contributed by atoms with Crippen LogP contribution in [0.4, 0.5) is 11.4 Å². The van der Waals surface area contributed by atoms with Crippen LogP contribution in [0.1, 0.15) is 19.8 Å². The van der Waals surface area contributed by atoms with Gasteiger partial charge in [-0.2, -0.15) is 0 Å². The Bertz CT molecular complexity index is 428. The van der Waals surface area contributed by atoms with E-state index in [2.05, 4.69) is 17.6 Å². The van der Waals surface area contributed by atoms with Crippen LogP contribution >= 0.6 is 0 Å². The Morgan fingerprint density at radius 3 is 2.58 bits per heavy atom. The largest absolute Gasteiger partial charge is 0.378 e. The highest BCUT2D eigenvalue weighted by atomic mass is 16.2. The molecule has 0 aliphatic carbocycles. The number of rotatable bonds is 3. The average molecular weight is 261 g/mol. The normalized spacial score (nSPS) is 22.9. The summed E-state index contributed by atoms with van der Waals surface area (Å²) in [5.74, 6) is 0.692. The molecule has 0 spiro atoms. The minimum absolute atomic E-state index is 0.0581. The van der Waals surface area contributed by atoms with Gasteiger partial charge in [-0.15, -0.1) is 0 Å². The maximum atomic E-state index is 12.1. The van der Waals surface area contributed by atoms with Crippen LogP contribution in [-0.4, -0.2) is 32.6 Å². The molecule has 4 heteroatoms. The molecule has 1 heterocycles. The Balaban J connectivity index is 1.94. The molecule has 1 amide bonds. The molecule has 1 aromatic carbocycles. The van der Waals surface area contributed by atoms with Gasteiger partial charge in [-0.1, -0.05) is 6.92 Å². The number of carbonyl (C=O) groups excluding carboxylic acids is 1. The molecule has 1 fully saturated rings. The number of carbonyl (C=O) groups is 1. The summed E-state index contributed by atoms with van der Waals surface area (Å²) in [7, 11) is 4.00. The smallest absolute Gasteiger partial charge is 0.241 e. The van der Waals surface area contributed by atoms with E-state index in [-0.39, 0.29) is 11.9 Å². The van der Waals surface area contributed by atoms with Gasteiger partial charge in [0.2, 0.25) is 5.91 Å². The zero-order valence-electron chi connectivity index (χ0n) is 11.9. The fourth-order valence-electron chi connectivity index (χ4n) is 2.38. The molecule has 104 valence electrons. The summed E-state index contributed by atoms with van der Waals surface area (Å²) in [5, 5.41) is 6.26. The van der Waals surface area contributed by atoms with E-state index in [1.54, 1.807) is 0 Å². The summed E-state index contributed by atoms with van der Waals surface area (Å²) in [6.45, 7) is 3.13. The molecule has 2 atom stereocenters. The zero-order valence-corrected chi connectivity index (χ0v) is 11.9. The van der Waals surface area contributed by atoms with E-state index in [9.17, 15) is 4.79 Å². The fourth-order valence-corrected chi connectivity index (χ4v) is 2.38. The molecule has 0 radical (unpaired) electrons. The molecule has 4 nitrogen and oxygen atoms in total. The summed E-state index contributed by atoms with van der Waals surface area (Å²) in [4.78, 5) is 14.2. The van der Waals surface area contributed by atoms with Crippen molar-refractivity contribution in [2.24, 2.45) is 5.92 Å². The predicted molar refractivity (Wildman–Crippen MR) is 79.6 cm³/mol. The Kier molecular flexibility index (Phi) is 4.43. The van der Waals surface area contributed by atoms with Crippen LogP contribution in [-0.2, 0) is 4.79 Å². The number of piperidine rings is 1. The molecule has 1 aliphatic heterocycles. The first kappa shape index (κ1) is 13.9. The second-order valence-corrected chi connectivity index (χ2v) is 5.57. The SMILES string of the molecule is CC1CCNC(C(=O)Nc2ccc(N(C)C)cc2)C1. The van der Waals surface area contributed by atoms with Crippen LogP contribution in [0.15, 0.2) is 24.3 Å². The van der Waals surface area contributed by atoms with Crippen molar-refractivity contribution in [3.63, 3.8) is 0 Å². The van der Waals surface area contributed by atoms with Gasteiger partial charge < -0.3 is 15.5 Å². The van der Waals surface area contributed by atoms with Gasteiger partial charge >= 0.3 is 0 Å². The predicted octanol–water partition coefficient (Wildman–Crippen LogP) is 2.08. The number of anilines is 2. The van der Waals surface area contributed by atoms with Gasteiger partial charge in [0, 0.05) is 25.5 Å². The topological polar surface area (TPSA) is 44.4 Å². The van der Waals surface area contributed by atoms with Crippen LogP contribution in [0.25, 0.3) is 0 Å². The van der Waals surface area contributed by atoms with Crippen molar-refractivity contribution < 1.29 is 4.79 Å². The van der Waals surface area contributed by atoms with E-state index in [0.29, 0.717) is 5.92 Å². The van der Waals surface area contributed by atoms with E-state index in [1.165, 1.54) is 0 Å². The van der Waals surface area contributed by atoms with E-state index in [0.717, 1.165) is 30.8 Å². The number of hydrogen-bond acceptors (Lipinski definition) is 3. The van der Waals surface area contributed by atoms with Crippen molar-refractivity contribution in [1.82, 2.24) is 5.32 Å². The van der Waals surface area contributed by atoms with Crippen LogP contribution < -0.4 is 15.5 Å². The van der Waals surface area contributed by atoms with Crippen molar-refractivity contribution >= 4 is 17.3 Å². The third-order valence-electron chi connectivity index (χ3n) is 3.63. The molecule has 1 saturated heterocycles. The van der Waals surface area contributed by atoms with E-state index in [4.69, 9.17) is 0 Å². The van der Waals surface area contributed by atoms with Crippen LogP contribution in [0, 0.1) is 5.92 Å². The molecule has 2 rings (SSSR count). The highest BCUT2D eigenvalue weighted by molar-refractivity contribution is 5.95. The van der Waals surface area contributed by atoms with Gasteiger partial charge in [-0.25, -0.2) is 0 Å². The lowest BCUT2D eigenvalue weighted by atomic mass is 9.94. The highest BCUT2D eigenvalue weighted by Crippen LogP contribution is 2.18. The van der Waals surface area contributed by atoms with E-state index >= 15 is 0 Å². The monoisotopic (exact) mass is 261 g/mol. The standard InChI is InChI=1S/C15H23N3O/c1-11-8-9-16-14(10-11)15(19)17-12-4-6-13(7-5-12)18(2)3/h4-7,11,14,16H,8-10H2,1-3H3,(H,17,19). The number of amides is 1. The minimum atomic E-state index is -0.0581. The Labute approximate surface area is 115 Å². The second-order valence-electron chi connectivity index (χ2n) is 5.57. The first-order chi connectivity index (χ1) is 9.06. The molecule has 2 unspecified atom stereocenters. The molecule has 1 aromatic rings. The molecule has 19 heavy (non-hydrogen) atoms. The Morgan fingerprint density at radius 2 is 2.00 bits per heavy atom. The zero-order chi connectivity index (χ0) is 13.8. The Morgan fingerprint density at radius 1 is 1.32 bits per heavy atom. The molecular formula is C15H23N3O. The van der Waals surface area contributed by atoms with Crippen molar-refractivity contribution in [2.75, 3.05) is 30.9 Å². The van der Waals surface area contributed by atoms with Crippen LogP contribution in [0.3, 0.4) is 0 Å². The Hall–Kier alpha value is -1.55. The fraction of sp³-hybridized carbons (Fsp3) is 0.533. The van der Waals surface area contributed by atoms with Crippen molar-refractivity contribution in [3.8, 4) is 0 Å². The summed E-state index contributed by atoms with van der Waals surface area (Å²) >= 11 is 0. The lowest BCUT2D eigenvalue weighted by Crippen LogP contribution is -2.45. The number of nitrogens with zero attached hydrogens (tertiary/aromatic N) is 1. The van der Waals surface area contributed by atoms with Crippen LogP contribution in [0.5, 0.6) is 0 Å². The molecule has 2 N–H and O–H groups in total. The van der Waals surface area contributed by atoms with E-state index < -0.39 is 0 Å². The lowest BCUT2D eigenvalue weighted by Gasteiger charge is -2.27. The molecular weight excluding hydrogens is 238 g/mol. The number of benzene rings is 1. The summed E-state index contributed by atoms with van der Waals surface area (Å²) < 4.78 is 0. The van der Waals surface area contributed by atoms with Crippen molar-refractivity contribution in [3.05, 3.63) is 24.3 Å². The number of hydrogen-bond donors (Lipinski definition) is 2. The number of nitrogens with one attached hydrogen (secondary N) is 2. The van der Waals surface area contributed by atoms with E-state index in [1.807, 2.05) is 43.3 Å². The molecule has 1 aliphatic rings. The maximum Gasteiger partial charge on any atom is 0.241 e. The first-order valence-electron chi connectivity index (χ1n) is 6.88. The summed E-state index contributed by atoms with van der Waals surface area (Å²) in [6.07, 6.45) is 2.07. The average Bonchev–Trinajstić information content (AvgIpc) is 2.39. The minimum Gasteiger partial charge on any atom is -0.378 e. The second kappa shape index (κ2) is 6.06. The van der Waals surface area contributed by atoms with Crippen LogP contribution in [0.2, 0.25) is 0 Å². The van der Waals surface area contributed by atoms with Gasteiger partial charge in [0.25, 0.3) is 0 Å². The van der Waals surface area contributed by atoms with Gasteiger partial charge in [0.05, 0.1) is 6.04 Å². The third kappa shape index (κ3) is 3.70. The third-order valence-corrected chi connectivity index (χ3v) is 3.63. The van der Waals surface area contributed by atoms with Crippen molar-refractivity contribution in [2.45, 2.75) is 25.8 Å². The quantitative estimate of drug-likeness (QED) is 0.875. The lowest BCUT2D eigenvalue weighted by molar-refractivity contribution is -0.119. The first-order valence-corrected chi connectivity index (χ1v) is 6.88. The van der Waals surface area contributed by atoms with Gasteiger partial charge in [-0.3, -0.25) is 4.79 Å². The summed E-state index contributed by atoms with van der Waals surface area (Å²) in [5.41, 5.74) is 1.98. The van der Waals surface area contributed by atoms with Crippen molar-refractivity contribution in [1.29, 1.82) is 0 Å². The molecule has 0 aromatic heterocycles. The molecule has 0 bridgehead atoms. The van der Waals surface area contributed by atoms with Gasteiger partial charge in [0.1, 0.15) is 0 Å². The maximum absolute atomic E-state index is 12.1. The molecule has 0 saturated carbocycles. The van der Waals surface area contributed by atoms with Gasteiger partial charge in [0.15, 0.2) is 0 Å². The highest BCUT2D eigenvalue weighted by Gasteiger charge is 2.24. The summed E-state index contributed by atoms with van der Waals surface area (Å²) in [6, 6.07) is 7.84.